The summed E-state index contributed by atoms with van der Waals surface area (Å²) < 4.78 is 5.21. The van der Waals surface area contributed by atoms with Crippen molar-refractivity contribution >= 4 is 11.6 Å². The molecule has 0 unspecified atom stereocenters. The van der Waals surface area contributed by atoms with Crippen LogP contribution in [0.3, 0.4) is 0 Å². The maximum Gasteiger partial charge on any atom is 0.248 e. The van der Waals surface area contributed by atoms with E-state index < -0.39 is 0 Å². The summed E-state index contributed by atoms with van der Waals surface area (Å²) in [6, 6.07) is 6.38. The zero-order valence-electron chi connectivity index (χ0n) is 13.0. The highest BCUT2D eigenvalue weighted by Crippen LogP contribution is 2.23. The van der Waals surface area contributed by atoms with Crippen LogP contribution in [0.1, 0.15) is 11.1 Å². The van der Waals surface area contributed by atoms with Gasteiger partial charge in [-0.05, 0) is 31.0 Å². The highest BCUT2D eigenvalue weighted by molar-refractivity contribution is 5.77. The summed E-state index contributed by atoms with van der Waals surface area (Å²) >= 11 is 0. The van der Waals surface area contributed by atoms with Crippen LogP contribution in [0, 0.1) is 13.8 Å². The molecule has 21 heavy (non-hydrogen) atoms. The molecule has 5 heteroatoms. The molecule has 1 saturated heterocycles. The third-order valence-corrected chi connectivity index (χ3v) is 4.04. The smallest absolute Gasteiger partial charge is 0.248 e. The molecule has 0 saturated carbocycles. The van der Waals surface area contributed by atoms with Crippen molar-refractivity contribution in [3.05, 3.63) is 29.3 Å². The van der Waals surface area contributed by atoms with Crippen molar-refractivity contribution in [1.82, 2.24) is 4.90 Å². The summed E-state index contributed by atoms with van der Waals surface area (Å²) in [5.41, 5.74) is 9.25. The summed E-state index contributed by atoms with van der Waals surface area (Å²) in [6.07, 6.45) is 0. The number of nitrogens with two attached hydrogens (primary N) is 1. The lowest BCUT2D eigenvalue weighted by molar-refractivity contribution is -0.136. The topological polar surface area (TPSA) is 58.8 Å². The summed E-state index contributed by atoms with van der Waals surface area (Å²) in [7, 11) is 0. The molecule has 5 nitrogen and oxygen atoms in total. The number of anilines is 1. The number of ether oxygens (including phenoxy) is 1. The molecular weight excluding hydrogens is 266 g/mol. The SMILES string of the molecule is Cc1cccc(N2CCN(C(=O)COCCN)CC2)c1C. The number of benzene rings is 1. The monoisotopic (exact) mass is 291 g/mol. The van der Waals surface area contributed by atoms with Gasteiger partial charge in [0.25, 0.3) is 0 Å². The van der Waals surface area contributed by atoms with E-state index in [1.165, 1.54) is 16.8 Å². The third kappa shape index (κ3) is 3.95. The van der Waals surface area contributed by atoms with Gasteiger partial charge >= 0.3 is 0 Å². The van der Waals surface area contributed by atoms with E-state index in [0.29, 0.717) is 13.2 Å². The van der Waals surface area contributed by atoms with Crippen LogP contribution in [0.4, 0.5) is 5.69 Å². The van der Waals surface area contributed by atoms with Crippen molar-refractivity contribution in [2.24, 2.45) is 5.73 Å². The number of hydrogen-bond acceptors (Lipinski definition) is 4. The molecule has 1 aromatic carbocycles. The summed E-state index contributed by atoms with van der Waals surface area (Å²) in [4.78, 5) is 16.2. The lowest BCUT2D eigenvalue weighted by atomic mass is 10.1. The molecule has 1 fully saturated rings. The van der Waals surface area contributed by atoms with Crippen LogP contribution >= 0.6 is 0 Å². The van der Waals surface area contributed by atoms with Crippen LogP contribution in [0.5, 0.6) is 0 Å². The molecule has 2 rings (SSSR count). The molecule has 1 heterocycles. The molecule has 0 radical (unpaired) electrons. The van der Waals surface area contributed by atoms with Gasteiger partial charge in [0.15, 0.2) is 0 Å². The van der Waals surface area contributed by atoms with Gasteiger partial charge in [-0.25, -0.2) is 0 Å². The Labute approximate surface area is 126 Å². The number of aryl methyl sites for hydroxylation is 1. The molecule has 1 aromatic rings. The fourth-order valence-electron chi connectivity index (χ4n) is 2.61. The molecule has 1 amide bonds. The summed E-state index contributed by atoms with van der Waals surface area (Å²) in [5.74, 6) is 0.0593. The van der Waals surface area contributed by atoms with Crippen LogP contribution in [0.2, 0.25) is 0 Å². The molecular formula is C16H25N3O2. The van der Waals surface area contributed by atoms with E-state index in [2.05, 4.69) is 36.9 Å². The molecule has 1 aliphatic rings. The number of amides is 1. The fourth-order valence-corrected chi connectivity index (χ4v) is 2.61. The standard InChI is InChI=1S/C16H25N3O2/c1-13-4-3-5-15(14(13)2)18-7-9-19(10-8-18)16(20)12-21-11-6-17/h3-5H,6-12,17H2,1-2H3. The van der Waals surface area contributed by atoms with Gasteiger partial charge in [-0.3, -0.25) is 4.79 Å². The maximum absolute atomic E-state index is 12.0. The molecule has 0 bridgehead atoms. The first-order valence-electron chi connectivity index (χ1n) is 7.50. The van der Waals surface area contributed by atoms with Crippen molar-refractivity contribution in [3.8, 4) is 0 Å². The summed E-state index contributed by atoms with van der Waals surface area (Å²) in [6.45, 7) is 8.55. The Morgan fingerprint density at radius 3 is 2.62 bits per heavy atom. The largest absolute Gasteiger partial charge is 0.370 e. The Morgan fingerprint density at radius 2 is 1.95 bits per heavy atom. The molecule has 116 valence electrons. The number of nitrogens with zero attached hydrogens (tertiary/aromatic N) is 2. The number of carbonyl (C=O) groups is 1. The van der Waals surface area contributed by atoms with E-state index in [1.54, 1.807) is 0 Å². The Bertz CT molecular complexity index is 482. The first-order valence-corrected chi connectivity index (χ1v) is 7.50. The second-order valence-electron chi connectivity index (χ2n) is 5.43. The fraction of sp³-hybridized carbons (Fsp3) is 0.562. The van der Waals surface area contributed by atoms with Gasteiger partial charge in [-0.15, -0.1) is 0 Å². The van der Waals surface area contributed by atoms with Crippen LogP contribution < -0.4 is 10.6 Å². The van der Waals surface area contributed by atoms with Crippen molar-refractivity contribution < 1.29 is 9.53 Å². The second kappa shape index (κ2) is 7.43. The number of piperazine rings is 1. The van der Waals surface area contributed by atoms with Gasteiger partial charge in [-0.1, -0.05) is 12.1 Å². The Balaban J connectivity index is 1.88. The Kier molecular flexibility index (Phi) is 5.59. The minimum absolute atomic E-state index is 0.0593. The van der Waals surface area contributed by atoms with Crippen LogP contribution in [0.15, 0.2) is 18.2 Å². The van der Waals surface area contributed by atoms with E-state index in [9.17, 15) is 4.79 Å². The minimum Gasteiger partial charge on any atom is -0.370 e. The van der Waals surface area contributed by atoms with Crippen LogP contribution in [0.25, 0.3) is 0 Å². The average molecular weight is 291 g/mol. The minimum atomic E-state index is 0.0593. The average Bonchev–Trinajstić information content (AvgIpc) is 2.50. The number of carbonyl (C=O) groups excluding carboxylic acids is 1. The van der Waals surface area contributed by atoms with Crippen LogP contribution in [-0.2, 0) is 9.53 Å². The molecule has 0 atom stereocenters. The van der Waals surface area contributed by atoms with Gasteiger partial charge in [0.1, 0.15) is 6.61 Å². The Hall–Kier alpha value is -1.59. The van der Waals surface area contributed by atoms with Gasteiger partial charge in [0, 0.05) is 38.4 Å². The van der Waals surface area contributed by atoms with Crippen molar-refractivity contribution in [1.29, 1.82) is 0 Å². The van der Waals surface area contributed by atoms with Crippen molar-refractivity contribution in [2.45, 2.75) is 13.8 Å². The Morgan fingerprint density at radius 1 is 1.24 bits per heavy atom. The van der Waals surface area contributed by atoms with Gasteiger partial charge < -0.3 is 20.3 Å². The normalized spacial score (nSPS) is 15.4. The van der Waals surface area contributed by atoms with Gasteiger partial charge in [0.05, 0.1) is 6.61 Å². The highest BCUT2D eigenvalue weighted by atomic mass is 16.5. The van der Waals surface area contributed by atoms with E-state index in [4.69, 9.17) is 10.5 Å². The lowest BCUT2D eigenvalue weighted by Crippen LogP contribution is -2.50. The maximum atomic E-state index is 12.0. The van der Waals surface area contributed by atoms with Crippen molar-refractivity contribution in [3.63, 3.8) is 0 Å². The van der Waals surface area contributed by atoms with Gasteiger partial charge in [-0.2, -0.15) is 0 Å². The molecule has 0 aliphatic carbocycles. The molecule has 0 aromatic heterocycles. The second-order valence-corrected chi connectivity index (χ2v) is 5.43. The van der Waals surface area contributed by atoms with E-state index in [1.807, 2.05) is 4.90 Å². The van der Waals surface area contributed by atoms with Crippen molar-refractivity contribution in [2.75, 3.05) is 50.8 Å². The number of hydrogen-bond donors (Lipinski definition) is 1. The first-order chi connectivity index (χ1) is 10.1. The number of rotatable bonds is 5. The lowest BCUT2D eigenvalue weighted by Gasteiger charge is -2.37. The van der Waals surface area contributed by atoms with E-state index in [-0.39, 0.29) is 12.5 Å². The quantitative estimate of drug-likeness (QED) is 0.820. The van der Waals surface area contributed by atoms with E-state index in [0.717, 1.165) is 26.2 Å². The zero-order chi connectivity index (χ0) is 15.2. The first kappa shape index (κ1) is 15.8. The van der Waals surface area contributed by atoms with E-state index >= 15 is 0 Å². The predicted octanol–water partition coefficient (Wildman–Crippen LogP) is 0.927. The summed E-state index contributed by atoms with van der Waals surface area (Å²) in [5, 5.41) is 0. The molecule has 2 N–H and O–H groups in total. The molecule has 0 spiro atoms. The highest BCUT2D eigenvalue weighted by Gasteiger charge is 2.22. The third-order valence-electron chi connectivity index (χ3n) is 4.04. The zero-order valence-corrected chi connectivity index (χ0v) is 13.0. The van der Waals surface area contributed by atoms with Crippen LogP contribution in [-0.4, -0.2) is 56.7 Å². The predicted molar refractivity (Wildman–Crippen MR) is 84.6 cm³/mol. The van der Waals surface area contributed by atoms with Gasteiger partial charge in [0.2, 0.25) is 5.91 Å². The molecule has 1 aliphatic heterocycles.